The summed E-state index contributed by atoms with van der Waals surface area (Å²) in [4.78, 5) is 43.8. The van der Waals surface area contributed by atoms with E-state index >= 15 is 0 Å². The van der Waals surface area contributed by atoms with Crippen molar-refractivity contribution in [3.05, 3.63) is 69.9 Å². The summed E-state index contributed by atoms with van der Waals surface area (Å²) < 4.78 is 44.3. The average Bonchev–Trinajstić information content (AvgIpc) is 3.51. The van der Waals surface area contributed by atoms with E-state index in [-0.39, 0.29) is 42.0 Å². The van der Waals surface area contributed by atoms with Crippen LogP contribution in [0.5, 0.6) is 0 Å². The molecule has 1 N–H and O–H groups in total. The van der Waals surface area contributed by atoms with Crippen LogP contribution in [0.1, 0.15) is 40.6 Å². The fourth-order valence-corrected chi connectivity index (χ4v) is 5.40. The molecule has 192 valence electrons. The molecule has 0 aliphatic carbocycles. The summed E-state index contributed by atoms with van der Waals surface area (Å²) in [6, 6.07) is 11.9. The van der Waals surface area contributed by atoms with E-state index in [0.717, 1.165) is 28.3 Å². The summed E-state index contributed by atoms with van der Waals surface area (Å²) in [7, 11) is 0. The number of nitrogens with zero attached hydrogens (tertiary/aromatic N) is 1. The van der Waals surface area contributed by atoms with Crippen LogP contribution in [0.4, 0.5) is 18.9 Å². The van der Waals surface area contributed by atoms with Gasteiger partial charge in [-0.15, -0.1) is 22.7 Å². The van der Waals surface area contributed by atoms with E-state index in [2.05, 4.69) is 10.3 Å². The van der Waals surface area contributed by atoms with Gasteiger partial charge in [0, 0.05) is 18.2 Å². The maximum Gasteiger partial charge on any atom is 0.416 e. The number of esters is 1. The molecular formula is C26H21F3N2O4S2. The highest BCUT2D eigenvalue weighted by atomic mass is 32.1. The van der Waals surface area contributed by atoms with Crippen LogP contribution in [0.2, 0.25) is 0 Å². The molecule has 1 aromatic carbocycles. The first kappa shape index (κ1) is 26.5. The minimum Gasteiger partial charge on any atom is -0.466 e. The Hall–Kier alpha value is -3.57. The Morgan fingerprint density at radius 2 is 1.86 bits per heavy atom. The average molecular weight is 547 g/mol. The van der Waals surface area contributed by atoms with E-state index in [1.165, 1.54) is 23.5 Å². The Morgan fingerprint density at radius 1 is 1.05 bits per heavy atom. The third-order valence-corrected chi connectivity index (χ3v) is 7.36. The number of rotatable bonds is 9. The lowest BCUT2D eigenvalue weighted by Crippen LogP contribution is -2.16. The minimum absolute atomic E-state index is 0.129. The molecule has 11 heteroatoms. The van der Waals surface area contributed by atoms with Gasteiger partial charge in [0.15, 0.2) is 5.78 Å². The first-order valence-electron chi connectivity index (χ1n) is 11.3. The minimum atomic E-state index is -4.53. The van der Waals surface area contributed by atoms with Crippen molar-refractivity contribution in [3.8, 4) is 10.6 Å². The second-order valence-electron chi connectivity index (χ2n) is 7.98. The lowest BCUT2D eigenvalue weighted by Gasteiger charge is -2.09. The maximum absolute atomic E-state index is 13.3. The normalized spacial score (nSPS) is 11.5. The molecule has 0 atom stereocenters. The zero-order valence-electron chi connectivity index (χ0n) is 19.6. The molecule has 0 unspecified atom stereocenters. The number of nitrogens with one attached hydrogen (secondary N) is 1. The molecule has 37 heavy (non-hydrogen) atoms. The molecule has 4 rings (SSSR count). The van der Waals surface area contributed by atoms with E-state index in [0.29, 0.717) is 15.9 Å². The van der Waals surface area contributed by atoms with Crippen LogP contribution in [-0.4, -0.2) is 29.3 Å². The summed E-state index contributed by atoms with van der Waals surface area (Å²) in [5.74, 6) is -1.47. The van der Waals surface area contributed by atoms with Crippen LogP contribution in [0.15, 0.2) is 53.9 Å². The van der Waals surface area contributed by atoms with Crippen molar-refractivity contribution in [1.29, 1.82) is 0 Å². The van der Waals surface area contributed by atoms with E-state index < -0.39 is 29.4 Å². The van der Waals surface area contributed by atoms with Crippen molar-refractivity contribution in [1.82, 2.24) is 4.98 Å². The molecule has 0 aliphatic heterocycles. The van der Waals surface area contributed by atoms with Crippen LogP contribution in [-0.2, 0) is 26.9 Å². The monoisotopic (exact) mass is 546 g/mol. The number of benzene rings is 1. The van der Waals surface area contributed by atoms with Gasteiger partial charge in [0.05, 0.1) is 39.7 Å². The SMILES string of the molecule is CCOC(=O)CCC(=O)Nc1c(C(=O)Cc2cccc(C(F)(F)F)c2)sc2nc(-c3cccs3)ccc12. The van der Waals surface area contributed by atoms with Gasteiger partial charge < -0.3 is 10.1 Å². The number of ketones is 1. The summed E-state index contributed by atoms with van der Waals surface area (Å²) in [6.07, 6.45) is -5.11. The van der Waals surface area contributed by atoms with Crippen molar-refractivity contribution in [2.24, 2.45) is 0 Å². The highest BCUT2D eigenvalue weighted by molar-refractivity contribution is 7.21. The van der Waals surface area contributed by atoms with Crippen LogP contribution in [0, 0.1) is 0 Å². The van der Waals surface area contributed by atoms with Gasteiger partial charge in [0.2, 0.25) is 5.91 Å². The number of amides is 1. The molecular weight excluding hydrogens is 525 g/mol. The van der Waals surface area contributed by atoms with Crippen LogP contribution >= 0.6 is 22.7 Å². The molecule has 4 aromatic rings. The smallest absolute Gasteiger partial charge is 0.416 e. The number of ether oxygens (including phenoxy) is 1. The third kappa shape index (κ3) is 6.41. The fourth-order valence-electron chi connectivity index (χ4n) is 3.63. The summed E-state index contributed by atoms with van der Waals surface area (Å²) in [6.45, 7) is 1.86. The quantitative estimate of drug-likeness (QED) is 0.185. The number of Topliss-reactive ketones (excluding diaryl/α,β-unsaturated/α-hetero) is 1. The number of hydrogen-bond acceptors (Lipinski definition) is 7. The van der Waals surface area contributed by atoms with Gasteiger partial charge in [-0.1, -0.05) is 24.3 Å². The van der Waals surface area contributed by atoms with Crippen LogP contribution in [0.25, 0.3) is 20.8 Å². The van der Waals surface area contributed by atoms with E-state index in [1.807, 2.05) is 17.5 Å². The first-order valence-corrected chi connectivity index (χ1v) is 13.0. The second-order valence-corrected chi connectivity index (χ2v) is 9.93. The second kappa shape index (κ2) is 11.2. The number of pyridine rings is 1. The van der Waals surface area contributed by atoms with Crippen LogP contribution < -0.4 is 5.32 Å². The lowest BCUT2D eigenvalue weighted by atomic mass is 10.0. The van der Waals surface area contributed by atoms with Gasteiger partial charge in [-0.25, -0.2) is 4.98 Å². The van der Waals surface area contributed by atoms with Crippen molar-refractivity contribution in [2.75, 3.05) is 11.9 Å². The topological polar surface area (TPSA) is 85.4 Å². The van der Waals surface area contributed by atoms with Crippen LogP contribution in [0.3, 0.4) is 0 Å². The summed E-state index contributed by atoms with van der Waals surface area (Å²) in [5.41, 5.74) is 0.282. The lowest BCUT2D eigenvalue weighted by molar-refractivity contribution is -0.144. The molecule has 3 aromatic heterocycles. The maximum atomic E-state index is 13.3. The number of fused-ring (bicyclic) bond motifs is 1. The Morgan fingerprint density at radius 3 is 2.57 bits per heavy atom. The van der Waals surface area contributed by atoms with Gasteiger partial charge in [0.25, 0.3) is 0 Å². The summed E-state index contributed by atoms with van der Waals surface area (Å²) >= 11 is 2.56. The van der Waals surface area contributed by atoms with Crippen molar-refractivity contribution >= 4 is 56.2 Å². The van der Waals surface area contributed by atoms with Gasteiger partial charge in [-0.2, -0.15) is 13.2 Å². The standard InChI is InChI=1S/C26H21F3N2O4S2/c1-2-35-22(34)11-10-21(33)31-23-17-8-9-18(20-7-4-12-36-20)30-25(17)37-24(23)19(32)14-15-5-3-6-16(13-15)26(27,28)29/h3-9,12-13H,2,10-11,14H2,1H3,(H,31,33). The van der Waals surface area contributed by atoms with Crippen molar-refractivity contribution < 1.29 is 32.3 Å². The Kier molecular flexibility index (Phi) is 8.03. The molecule has 1 amide bonds. The number of halogens is 3. The van der Waals surface area contributed by atoms with E-state index in [4.69, 9.17) is 4.74 Å². The molecule has 6 nitrogen and oxygen atoms in total. The molecule has 0 spiro atoms. The number of thiophene rings is 2. The zero-order valence-corrected chi connectivity index (χ0v) is 21.2. The number of hydrogen-bond donors (Lipinski definition) is 1. The van der Waals surface area contributed by atoms with Gasteiger partial charge in [-0.05, 0) is 42.1 Å². The van der Waals surface area contributed by atoms with Gasteiger partial charge in [-0.3, -0.25) is 14.4 Å². The van der Waals surface area contributed by atoms with Crippen molar-refractivity contribution in [3.63, 3.8) is 0 Å². The molecule has 0 aliphatic rings. The molecule has 0 fully saturated rings. The molecule has 0 saturated carbocycles. The van der Waals surface area contributed by atoms with Gasteiger partial charge >= 0.3 is 12.1 Å². The number of anilines is 1. The summed E-state index contributed by atoms with van der Waals surface area (Å²) in [5, 5.41) is 5.15. The Balaban J connectivity index is 1.66. The van der Waals surface area contributed by atoms with E-state index in [9.17, 15) is 27.6 Å². The molecule has 0 radical (unpaired) electrons. The highest BCUT2D eigenvalue weighted by Gasteiger charge is 2.31. The zero-order chi connectivity index (χ0) is 26.6. The number of carbonyl (C=O) groups excluding carboxylic acids is 3. The first-order chi connectivity index (χ1) is 17.7. The molecule has 3 heterocycles. The molecule has 0 bridgehead atoms. The predicted molar refractivity (Wildman–Crippen MR) is 137 cm³/mol. The highest BCUT2D eigenvalue weighted by Crippen LogP contribution is 2.38. The van der Waals surface area contributed by atoms with Crippen molar-refractivity contribution in [2.45, 2.75) is 32.4 Å². The largest absolute Gasteiger partial charge is 0.466 e. The third-order valence-electron chi connectivity index (χ3n) is 5.33. The number of aromatic nitrogens is 1. The predicted octanol–water partition coefficient (Wildman–Crippen LogP) is 6.75. The number of carbonyl (C=O) groups is 3. The number of alkyl halides is 3. The Labute approximate surface area is 218 Å². The molecule has 0 saturated heterocycles. The fraction of sp³-hybridized carbons (Fsp3) is 0.231. The Bertz CT molecular complexity index is 1450. The van der Waals surface area contributed by atoms with E-state index in [1.54, 1.807) is 19.1 Å². The van der Waals surface area contributed by atoms with Gasteiger partial charge in [0.1, 0.15) is 4.83 Å².